The number of fused-ring (bicyclic) bond motifs is 1. The van der Waals surface area contributed by atoms with E-state index < -0.39 is 0 Å². The minimum atomic E-state index is -0.116. The maximum atomic E-state index is 12.2. The Morgan fingerprint density at radius 1 is 1.11 bits per heavy atom. The normalized spacial score (nSPS) is 10.6. The van der Waals surface area contributed by atoms with Gasteiger partial charge in [-0.05, 0) is 36.4 Å². The molecule has 2 N–H and O–H groups in total. The molecule has 0 atom stereocenters. The molecule has 3 aromatic rings. The van der Waals surface area contributed by atoms with Crippen LogP contribution in [0.2, 0.25) is 0 Å². The summed E-state index contributed by atoms with van der Waals surface area (Å²) in [5.41, 5.74) is 2.44. The number of carbonyl (C=O) groups is 1. The van der Waals surface area contributed by atoms with Crippen molar-refractivity contribution in [1.82, 2.24) is 4.98 Å². The highest BCUT2D eigenvalue weighted by molar-refractivity contribution is 9.10. The Bertz CT molecular complexity index is 748. The Hall–Kier alpha value is -2.07. The topological polar surface area (TPSA) is 44.9 Å². The van der Waals surface area contributed by atoms with E-state index in [4.69, 9.17) is 0 Å². The van der Waals surface area contributed by atoms with Gasteiger partial charge in [0, 0.05) is 27.1 Å². The van der Waals surface area contributed by atoms with Crippen molar-refractivity contribution in [1.29, 1.82) is 0 Å². The van der Waals surface area contributed by atoms with Crippen molar-refractivity contribution in [3.63, 3.8) is 0 Å². The lowest BCUT2D eigenvalue weighted by Gasteiger charge is -2.07. The summed E-state index contributed by atoms with van der Waals surface area (Å²) < 4.78 is 0.889. The SMILES string of the molecule is O=C(Nc1cccc2[nH]ccc12)c1cccc(Br)c1. The number of hydrogen-bond acceptors (Lipinski definition) is 1. The summed E-state index contributed by atoms with van der Waals surface area (Å²) in [5, 5.41) is 3.94. The number of amides is 1. The molecule has 0 spiro atoms. The first-order valence-corrected chi connectivity index (χ1v) is 6.66. The van der Waals surface area contributed by atoms with E-state index in [9.17, 15) is 4.79 Å². The fraction of sp³-hybridized carbons (Fsp3) is 0. The third kappa shape index (κ3) is 2.39. The number of nitrogens with one attached hydrogen (secondary N) is 2. The molecule has 1 heterocycles. The van der Waals surface area contributed by atoms with Gasteiger partial charge in [-0.25, -0.2) is 0 Å². The first-order chi connectivity index (χ1) is 9.24. The smallest absolute Gasteiger partial charge is 0.255 e. The Kier molecular flexibility index (Phi) is 3.09. The van der Waals surface area contributed by atoms with Gasteiger partial charge in [0.15, 0.2) is 0 Å². The minimum Gasteiger partial charge on any atom is -0.361 e. The monoisotopic (exact) mass is 314 g/mol. The molecule has 0 saturated heterocycles. The highest BCUT2D eigenvalue weighted by atomic mass is 79.9. The zero-order valence-electron chi connectivity index (χ0n) is 9.98. The first-order valence-electron chi connectivity index (χ1n) is 5.87. The van der Waals surface area contributed by atoms with E-state index in [0.29, 0.717) is 5.56 Å². The zero-order valence-corrected chi connectivity index (χ0v) is 11.6. The summed E-state index contributed by atoms with van der Waals surface area (Å²) in [6.07, 6.45) is 1.86. The van der Waals surface area contributed by atoms with Gasteiger partial charge in [-0.1, -0.05) is 28.1 Å². The van der Waals surface area contributed by atoms with Gasteiger partial charge >= 0.3 is 0 Å². The maximum Gasteiger partial charge on any atom is 0.255 e. The molecule has 3 rings (SSSR count). The number of hydrogen-bond donors (Lipinski definition) is 2. The molecule has 1 aromatic heterocycles. The fourth-order valence-corrected chi connectivity index (χ4v) is 2.42. The van der Waals surface area contributed by atoms with Gasteiger partial charge in [-0.15, -0.1) is 0 Å². The number of carbonyl (C=O) groups excluding carboxylic acids is 1. The van der Waals surface area contributed by atoms with Gasteiger partial charge in [-0.3, -0.25) is 4.79 Å². The molecule has 0 bridgehead atoms. The molecule has 94 valence electrons. The van der Waals surface area contributed by atoms with Gasteiger partial charge < -0.3 is 10.3 Å². The first kappa shape index (κ1) is 12.0. The van der Waals surface area contributed by atoms with Crippen LogP contribution < -0.4 is 5.32 Å². The van der Waals surface area contributed by atoms with Crippen LogP contribution in [0.3, 0.4) is 0 Å². The highest BCUT2D eigenvalue weighted by Gasteiger charge is 2.08. The molecule has 0 aliphatic rings. The predicted octanol–water partition coefficient (Wildman–Crippen LogP) is 4.18. The molecular weight excluding hydrogens is 304 g/mol. The summed E-state index contributed by atoms with van der Waals surface area (Å²) in [7, 11) is 0. The van der Waals surface area contributed by atoms with Crippen molar-refractivity contribution in [3.05, 3.63) is 64.8 Å². The second-order valence-corrected chi connectivity index (χ2v) is 5.12. The molecule has 4 heteroatoms. The third-order valence-corrected chi connectivity index (χ3v) is 3.42. The van der Waals surface area contributed by atoms with Gasteiger partial charge in [0.05, 0.1) is 5.69 Å². The van der Waals surface area contributed by atoms with Crippen LogP contribution in [0.15, 0.2) is 59.2 Å². The summed E-state index contributed by atoms with van der Waals surface area (Å²) in [4.78, 5) is 15.3. The van der Waals surface area contributed by atoms with E-state index in [2.05, 4.69) is 26.2 Å². The van der Waals surface area contributed by atoms with Crippen LogP contribution in [-0.4, -0.2) is 10.9 Å². The zero-order chi connectivity index (χ0) is 13.2. The van der Waals surface area contributed by atoms with E-state index in [1.807, 2.05) is 42.6 Å². The summed E-state index contributed by atoms with van der Waals surface area (Å²) in [6.45, 7) is 0. The lowest BCUT2D eigenvalue weighted by atomic mass is 10.2. The number of halogens is 1. The molecule has 0 aliphatic carbocycles. The lowest BCUT2D eigenvalue weighted by molar-refractivity contribution is 0.102. The van der Waals surface area contributed by atoms with Gasteiger partial charge in [0.1, 0.15) is 0 Å². The lowest BCUT2D eigenvalue weighted by Crippen LogP contribution is -2.11. The van der Waals surface area contributed by atoms with Crippen LogP contribution in [0.5, 0.6) is 0 Å². The number of H-pyrrole nitrogens is 1. The highest BCUT2D eigenvalue weighted by Crippen LogP contribution is 2.23. The van der Waals surface area contributed by atoms with Crippen molar-refractivity contribution in [3.8, 4) is 0 Å². The summed E-state index contributed by atoms with van der Waals surface area (Å²) in [6, 6.07) is 15.1. The minimum absolute atomic E-state index is 0.116. The van der Waals surface area contributed by atoms with Crippen LogP contribution in [0.1, 0.15) is 10.4 Å². The standard InChI is InChI=1S/C15H11BrN2O/c16-11-4-1-3-10(9-11)15(19)18-14-6-2-5-13-12(14)7-8-17-13/h1-9,17H,(H,18,19). The molecule has 1 amide bonds. The Labute approximate surface area is 118 Å². The van der Waals surface area contributed by atoms with Crippen molar-refractivity contribution >= 4 is 38.4 Å². The van der Waals surface area contributed by atoms with Crippen molar-refractivity contribution in [2.75, 3.05) is 5.32 Å². The van der Waals surface area contributed by atoms with Crippen LogP contribution in [-0.2, 0) is 0 Å². The average molecular weight is 315 g/mol. The Balaban J connectivity index is 1.93. The number of aromatic amines is 1. The molecule has 2 aromatic carbocycles. The number of benzene rings is 2. The predicted molar refractivity (Wildman–Crippen MR) is 80.4 cm³/mol. The van der Waals surface area contributed by atoms with Gasteiger partial charge in [0.2, 0.25) is 0 Å². The van der Waals surface area contributed by atoms with Crippen LogP contribution in [0, 0.1) is 0 Å². The average Bonchev–Trinajstić information content (AvgIpc) is 2.88. The quantitative estimate of drug-likeness (QED) is 0.732. The Morgan fingerprint density at radius 3 is 2.79 bits per heavy atom. The van der Waals surface area contributed by atoms with Crippen LogP contribution >= 0.6 is 15.9 Å². The number of rotatable bonds is 2. The van der Waals surface area contributed by atoms with Gasteiger partial charge in [0.25, 0.3) is 5.91 Å². The summed E-state index contributed by atoms with van der Waals surface area (Å²) >= 11 is 3.36. The van der Waals surface area contributed by atoms with Crippen LogP contribution in [0.25, 0.3) is 10.9 Å². The molecule has 19 heavy (non-hydrogen) atoms. The maximum absolute atomic E-state index is 12.2. The largest absolute Gasteiger partial charge is 0.361 e. The van der Waals surface area contributed by atoms with E-state index in [1.54, 1.807) is 12.1 Å². The third-order valence-electron chi connectivity index (χ3n) is 2.93. The second kappa shape index (κ2) is 4.90. The fourth-order valence-electron chi connectivity index (χ4n) is 2.02. The number of anilines is 1. The van der Waals surface area contributed by atoms with Crippen LogP contribution in [0.4, 0.5) is 5.69 Å². The van der Waals surface area contributed by atoms with E-state index in [0.717, 1.165) is 21.1 Å². The second-order valence-electron chi connectivity index (χ2n) is 4.21. The molecule has 0 unspecified atom stereocenters. The molecule has 0 radical (unpaired) electrons. The molecule has 0 saturated carbocycles. The van der Waals surface area contributed by atoms with Crippen molar-refractivity contribution in [2.24, 2.45) is 0 Å². The summed E-state index contributed by atoms with van der Waals surface area (Å²) in [5.74, 6) is -0.116. The number of aromatic nitrogens is 1. The molecular formula is C15H11BrN2O. The molecule has 0 aliphatic heterocycles. The van der Waals surface area contributed by atoms with Crippen molar-refractivity contribution < 1.29 is 4.79 Å². The molecule has 3 nitrogen and oxygen atoms in total. The van der Waals surface area contributed by atoms with E-state index in [1.165, 1.54) is 0 Å². The molecule has 0 fully saturated rings. The van der Waals surface area contributed by atoms with E-state index >= 15 is 0 Å². The van der Waals surface area contributed by atoms with E-state index in [-0.39, 0.29) is 5.91 Å². The Morgan fingerprint density at radius 2 is 1.95 bits per heavy atom. The van der Waals surface area contributed by atoms with Crippen molar-refractivity contribution in [2.45, 2.75) is 0 Å². The van der Waals surface area contributed by atoms with Gasteiger partial charge in [-0.2, -0.15) is 0 Å².